The van der Waals surface area contributed by atoms with E-state index in [1.165, 1.54) is 32.7 Å². The van der Waals surface area contributed by atoms with Crippen LogP contribution in [0.3, 0.4) is 0 Å². The smallest absolute Gasteiger partial charge is 0.416 e. The minimum Gasteiger partial charge on any atom is -0.491 e. The molecule has 2 aromatic carbocycles. The van der Waals surface area contributed by atoms with Crippen molar-refractivity contribution < 1.29 is 32.6 Å². The van der Waals surface area contributed by atoms with Gasteiger partial charge in [0.2, 0.25) is 0 Å². The number of nitrogens with zero attached hydrogens (tertiary/aromatic N) is 4. The van der Waals surface area contributed by atoms with Crippen LogP contribution in [0.4, 0.5) is 18.9 Å². The maximum absolute atomic E-state index is 13.6. The first kappa shape index (κ1) is 29.2. The van der Waals surface area contributed by atoms with Crippen LogP contribution in [0.25, 0.3) is 21.3 Å². The molecule has 0 unspecified atom stereocenters. The number of rotatable bonds is 6. The van der Waals surface area contributed by atoms with Crippen LogP contribution in [-0.4, -0.2) is 52.7 Å². The molecule has 0 aliphatic carbocycles. The summed E-state index contributed by atoms with van der Waals surface area (Å²) in [5.41, 5.74) is -0.852. The molecule has 0 fully saturated rings. The zero-order chi connectivity index (χ0) is 30.6. The lowest BCUT2D eigenvalue weighted by molar-refractivity contribution is -0.137. The second kappa shape index (κ2) is 10.5. The van der Waals surface area contributed by atoms with Gasteiger partial charge in [0.1, 0.15) is 24.1 Å². The predicted octanol–water partition coefficient (Wildman–Crippen LogP) is 6.91. The zero-order valence-electron chi connectivity index (χ0n) is 22.4. The fraction of sp³-hybridized carbons (Fsp3) is 0.241. The Bertz CT molecular complexity index is 1800. The van der Waals surface area contributed by atoms with Crippen molar-refractivity contribution in [3.8, 4) is 22.9 Å². The Balaban J connectivity index is 1.46. The van der Waals surface area contributed by atoms with Crippen LogP contribution in [0.2, 0.25) is 5.02 Å². The Morgan fingerprint density at radius 1 is 1.21 bits per heavy atom. The summed E-state index contributed by atoms with van der Waals surface area (Å²) in [7, 11) is 1.57. The largest absolute Gasteiger partial charge is 0.491 e. The van der Waals surface area contributed by atoms with Gasteiger partial charge in [-0.05, 0) is 50.2 Å². The monoisotopic (exact) mass is 614 g/mol. The van der Waals surface area contributed by atoms with Crippen LogP contribution in [0, 0.1) is 11.3 Å². The number of ether oxygens (including phenoxy) is 1. The van der Waals surface area contributed by atoms with Gasteiger partial charge >= 0.3 is 12.1 Å². The first-order valence-corrected chi connectivity index (χ1v) is 13.7. The van der Waals surface area contributed by atoms with Crippen LogP contribution in [0.15, 0.2) is 48.0 Å². The summed E-state index contributed by atoms with van der Waals surface area (Å²) in [5.74, 6) is -1.27. The van der Waals surface area contributed by atoms with E-state index < -0.39 is 29.3 Å². The number of halogens is 4. The van der Waals surface area contributed by atoms with Crippen molar-refractivity contribution in [2.24, 2.45) is 0 Å². The lowest BCUT2D eigenvalue weighted by Gasteiger charge is -2.50. The van der Waals surface area contributed by atoms with Crippen molar-refractivity contribution in [3.05, 3.63) is 75.3 Å². The third-order valence-corrected chi connectivity index (χ3v) is 8.59. The van der Waals surface area contributed by atoms with Crippen molar-refractivity contribution in [1.82, 2.24) is 9.88 Å². The summed E-state index contributed by atoms with van der Waals surface area (Å²) in [6.45, 7) is 3.42. The van der Waals surface area contributed by atoms with Gasteiger partial charge in [0.05, 0.1) is 44.7 Å². The summed E-state index contributed by atoms with van der Waals surface area (Å²) in [6, 6.07) is 10.0. The molecule has 1 N–H and O–H groups in total. The number of nitriles is 1. The van der Waals surface area contributed by atoms with E-state index in [2.05, 4.69) is 4.98 Å². The van der Waals surface area contributed by atoms with Gasteiger partial charge in [0, 0.05) is 34.8 Å². The fourth-order valence-electron chi connectivity index (χ4n) is 4.98. The lowest BCUT2D eigenvalue weighted by Crippen LogP contribution is -2.62. The highest BCUT2D eigenvalue weighted by Crippen LogP contribution is 2.42. The second-order valence-electron chi connectivity index (χ2n) is 10.0. The van der Waals surface area contributed by atoms with Gasteiger partial charge in [-0.1, -0.05) is 11.6 Å². The van der Waals surface area contributed by atoms with Crippen LogP contribution < -0.4 is 9.64 Å². The topological polar surface area (TPSA) is 107 Å². The molecule has 0 atom stereocenters. The number of amides is 1. The Hall–Kier alpha value is -4.34. The molecule has 0 bridgehead atoms. The molecule has 216 valence electrons. The molecular formula is C29H22ClF3N4O4S. The molecule has 3 heterocycles. The number of aromatic nitrogens is 1. The van der Waals surface area contributed by atoms with E-state index >= 15 is 0 Å². The number of carbonyl (C=O) groups excluding carboxylic acids is 1. The molecule has 1 aliphatic heterocycles. The Kier molecular flexibility index (Phi) is 7.28. The molecule has 42 heavy (non-hydrogen) atoms. The Morgan fingerprint density at radius 2 is 1.95 bits per heavy atom. The number of hydrogen-bond donors (Lipinski definition) is 1. The minimum absolute atomic E-state index is 0.00542. The molecule has 1 aliphatic rings. The number of fused-ring (bicyclic) bond motifs is 2. The highest BCUT2D eigenvalue weighted by Gasteiger charge is 2.44. The summed E-state index contributed by atoms with van der Waals surface area (Å²) < 4.78 is 47.3. The van der Waals surface area contributed by atoms with E-state index in [4.69, 9.17) is 16.3 Å². The molecule has 0 spiro atoms. The quantitative estimate of drug-likeness (QED) is 0.251. The summed E-state index contributed by atoms with van der Waals surface area (Å²) in [5, 5.41) is 21.1. The third kappa shape index (κ3) is 4.88. The predicted molar refractivity (Wildman–Crippen MR) is 152 cm³/mol. The standard InChI is InChI=1S/C29H22ClF3N4O4S/c1-28(2)36(3)21-11-16(29(31,32)33)10-15(13-34)23(21)26(38)37(28)8-9-41-22-5-4-17(30)12-19(22)18-6-7-35-24-20(27(39)40)14-42-25(18)24/h4-7,10-12,14H,8-9H2,1-3H3,(H,39,40). The van der Waals surface area contributed by atoms with Crippen LogP contribution >= 0.6 is 22.9 Å². The van der Waals surface area contributed by atoms with E-state index in [1.807, 2.05) is 0 Å². The average Bonchev–Trinajstić information content (AvgIpc) is 3.38. The normalized spacial score (nSPS) is 14.6. The summed E-state index contributed by atoms with van der Waals surface area (Å²) >= 11 is 7.53. The minimum atomic E-state index is -4.69. The number of carbonyl (C=O) groups is 2. The number of alkyl halides is 3. The average molecular weight is 615 g/mol. The van der Waals surface area contributed by atoms with Gasteiger partial charge < -0.3 is 19.6 Å². The Morgan fingerprint density at radius 3 is 2.62 bits per heavy atom. The van der Waals surface area contributed by atoms with Crippen LogP contribution in [0.1, 0.15) is 45.7 Å². The molecule has 2 aromatic heterocycles. The van der Waals surface area contributed by atoms with Gasteiger partial charge in [-0.15, -0.1) is 11.3 Å². The van der Waals surface area contributed by atoms with Crippen molar-refractivity contribution in [2.75, 3.05) is 25.1 Å². The van der Waals surface area contributed by atoms with Crippen molar-refractivity contribution in [1.29, 1.82) is 5.26 Å². The van der Waals surface area contributed by atoms with E-state index in [9.17, 15) is 33.1 Å². The molecule has 5 rings (SSSR count). The van der Waals surface area contributed by atoms with Gasteiger partial charge in [0.15, 0.2) is 0 Å². The SMILES string of the molecule is CN1c2cc(C(F)(F)F)cc(C#N)c2C(=O)N(CCOc2ccc(Cl)cc2-c2ccnc3c(C(=O)O)csc23)C1(C)C. The number of hydrogen-bond acceptors (Lipinski definition) is 7. The number of benzene rings is 2. The number of pyridine rings is 1. The summed E-state index contributed by atoms with van der Waals surface area (Å²) in [4.78, 5) is 32.5. The zero-order valence-corrected chi connectivity index (χ0v) is 24.0. The number of carboxylic acid groups (broad SMARTS) is 1. The highest BCUT2D eigenvalue weighted by atomic mass is 35.5. The second-order valence-corrected chi connectivity index (χ2v) is 11.3. The third-order valence-electron chi connectivity index (χ3n) is 7.36. The molecule has 0 saturated heterocycles. The maximum atomic E-state index is 13.6. The molecule has 8 nitrogen and oxygen atoms in total. The van der Waals surface area contributed by atoms with Gasteiger partial charge in [0.25, 0.3) is 5.91 Å². The van der Waals surface area contributed by atoms with Crippen molar-refractivity contribution >= 4 is 50.7 Å². The molecule has 1 amide bonds. The van der Waals surface area contributed by atoms with Gasteiger partial charge in [-0.25, -0.2) is 4.79 Å². The summed E-state index contributed by atoms with van der Waals surface area (Å²) in [6.07, 6.45) is -3.19. The van der Waals surface area contributed by atoms with E-state index in [-0.39, 0.29) is 35.5 Å². The molecule has 13 heteroatoms. The lowest BCUT2D eigenvalue weighted by atomic mass is 9.94. The molecule has 4 aromatic rings. The van der Waals surface area contributed by atoms with Gasteiger partial charge in [-0.2, -0.15) is 18.4 Å². The van der Waals surface area contributed by atoms with Crippen molar-refractivity contribution in [2.45, 2.75) is 25.7 Å². The molecule has 0 radical (unpaired) electrons. The Labute approximate surface area is 247 Å². The van der Waals surface area contributed by atoms with E-state index in [1.54, 1.807) is 51.2 Å². The van der Waals surface area contributed by atoms with Crippen molar-refractivity contribution in [3.63, 3.8) is 0 Å². The van der Waals surface area contributed by atoms with Gasteiger partial charge in [-0.3, -0.25) is 9.78 Å². The first-order valence-electron chi connectivity index (χ1n) is 12.5. The van der Waals surface area contributed by atoms with E-state index in [0.717, 1.165) is 6.07 Å². The highest BCUT2D eigenvalue weighted by molar-refractivity contribution is 7.18. The first-order chi connectivity index (χ1) is 19.8. The number of carboxylic acids is 1. The van der Waals surface area contributed by atoms with E-state index in [0.29, 0.717) is 38.2 Å². The fourth-order valence-corrected chi connectivity index (χ4v) is 6.18. The number of thiophene rings is 1. The molecular weight excluding hydrogens is 593 g/mol. The number of anilines is 1. The van der Waals surface area contributed by atoms with Crippen LogP contribution in [-0.2, 0) is 6.18 Å². The number of aromatic carboxylic acids is 1. The molecule has 0 saturated carbocycles. The maximum Gasteiger partial charge on any atom is 0.416 e. The van der Waals surface area contributed by atoms with Crippen LogP contribution in [0.5, 0.6) is 5.75 Å².